The summed E-state index contributed by atoms with van der Waals surface area (Å²) in [6.07, 6.45) is 3.43. The number of aryl methyl sites for hydroxylation is 1. The van der Waals surface area contributed by atoms with Gasteiger partial charge in [0, 0.05) is 17.7 Å². The van der Waals surface area contributed by atoms with Crippen LogP contribution >= 0.6 is 0 Å². The van der Waals surface area contributed by atoms with E-state index in [1.807, 2.05) is 41.9 Å². The van der Waals surface area contributed by atoms with E-state index in [4.69, 9.17) is 10.2 Å². The fraction of sp³-hybridized carbons (Fsp3) is 0.250. The minimum absolute atomic E-state index is 0.293. The van der Waals surface area contributed by atoms with E-state index < -0.39 is 5.92 Å². The van der Waals surface area contributed by atoms with Gasteiger partial charge in [0.25, 0.3) is 0 Å². The first kappa shape index (κ1) is 16.9. The number of anilines is 1. The van der Waals surface area contributed by atoms with Crippen LogP contribution in [0.25, 0.3) is 5.69 Å². The van der Waals surface area contributed by atoms with Crippen molar-refractivity contribution >= 4 is 5.88 Å². The summed E-state index contributed by atoms with van der Waals surface area (Å²) in [5.74, 6) is 1.03. The monoisotopic (exact) mass is 360 g/mol. The van der Waals surface area contributed by atoms with Crippen LogP contribution in [-0.4, -0.2) is 14.8 Å². The average Bonchev–Trinajstić information content (AvgIpc) is 3.24. The zero-order chi connectivity index (χ0) is 19.0. The molecule has 0 bridgehead atoms. The van der Waals surface area contributed by atoms with Gasteiger partial charge in [-0.15, -0.1) is 0 Å². The Bertz CT molecular complexity index is 1050. The van der Waals surface area contributed by atoms with Crippen LogP contribution in [0.1, 0.15) is 42.1 Å². The summed E-state index contributed by atoms with van der Waals surface area (Å²) in [6.45, 7) is 4.05. The van der Waals surface area contributed by atoms with Crippen molar-refractivity contribution in [3.05, 3.63) is 70.8 Å². The third-order valence-corrected chi connectivity index (χ3v) is 4.74. The molecule has 1 atom stereocenters. The van der Waals surface area contributed by atoms with Crippen molar-refractivity contribution in [3.8, 4) is 11.8 Å². The molecule has 0 aliphatic carbocycles. The standard InChI is InChI=1S/C20H20N6O/c1-3-7-16-24-18-17(14(10-21)19(22)25-20(18)27-16)15-11-23-26(12(15)2)13-8-5-4-6-9-13/h4-6,8-9,11,17,25H,3,7,22H2,1-2H3/t17-/m1/s1. The number of fused-ring (bicyclic) bond motifs is 1. The topological polar surface area (TPSA) is 106 Å². The highest BCUT2D eigenvalue weighted by atomic mass is 16.4. The van der Waals surface area contributed by atoms with Gasteiger partial charge in [-0.1, -0.05) is 25.1 Å². The highest BCUT2D eigenvalue weighted by molar-refractivity contribution is 5.61. The van der Waals surface area contributed by atoms with Crippen LogP contribution in [0, 0.1) is 18.3 Å². The summed E-state index contributed by atoms with van der Waals surface area (Å²) in [5, 5.41) is 17.2. The Morgan fingerprint density at radius 3 is 2.81 bits per heavy atom. The first-order valence-corrected chi connectivity index (χ1v) is 8.90. The van der Waals surface area contributed by atoms with Gasteiger partial charge in [-0.2, -0.15) is 10.4 Å². The maximum absolute atomic E-state index is 9.73. The summed E-state index contributed by atoms with van der Waals surface area (Å²) >= 11 is 0. The normalized spacial score (nSPS) is 16.0. The molecule has 136 valence electrons. The van der Waals surface area contributed by atoms with Gasteiger partial charge in [0.05, 0.1) is 29.4 Å². The van der Waals surface area contributed by atoms with Gasteiger partial charge in [0.2, 0.25) is 5.88 Å². The molecule has 3 heterocycles. The van der Waals surface area contributed by atoms with Crippen LogP contribution in [-0.2, 0) is 6.42 Å². The molecule has 0 radical (unpaired) electrons. The molecule has 7 nitrogen and oxygen atoms in total. The average molecular weight is 360 g/mol. The van der Waals surface area contributed by atoms with E-state index in [-0.39, 0.29) is 0 Å². The summed E-state index contributed by atoms with van der Waals surface area (Å²) in [6, 6.07) is 12.1. The van der Waals surface area contributed by atoms with E-state index in [2.05, 4.69) is 28.4 Å². The molecule has 0 amide bonds. The van der Waals surface area contributed by atoms with Crippen molar-refractivity contribution in [2.24, 2.45) is 5.73 Å². The van der Waals surface area contributed by atoms with Gasteiger partial charge in [0.1, 0.15) is 11.5 Å². The third-order valence-electron chi connectivity index (χ3n) is 4.74. The quantitative estimate of drug-likeness (QED) is 0.739. The van der Waals surface area contributed by atoms with Crippen LogP contribution in [0.15, 0.2) is 52.3 Å². The van der Waals surface area contributed by atoms with E-state index in [1.165, 1.54) is 0 Å². The molecule has 27 heavy (non-hydrogen) atoms. The number of hydrogen-bond acceptors (Lipinski definition) is 6. The Kier molecular flexibility index (Phi) is 4.16. The Hall–Kier alpha value is -3.53. The molecule has 1 aromatic carbocycles. The Balaban J connectivity index is 1.85. The predicted octanol–water partition coefficient (Wildman–Crippen LogP) is 3.37. The molecular weight excluding hydrogens is 340 g/mol. The number of aromatic nitrogens is 3. The van der Waals surface area contributed by atoms with Gasteiger partial charge in [-0.3, -0.25) is 0 Å². The lowest BCUT2D eigenvalue weighted by Gasteiger charge is -2.22. The van der Waals surface area contributed by atoms with Crippen LogP contribution < -0.4 is 11.1 Å². The van der Waals surface area contributed by atoms with E-state index in [0.717, 1.165) is 29.8 Å². The molecule has 4 rings (SSSR count). The lowest BCUT2D eigenvalue weighted by molar-refractivity contribution is 0.503. The van der Waals surface area contributed by atoms with E-state index in [0.29, 0.717) is 28.9 Å². The zero-order valence-corrected chi connectivity index (χ0v) is 15.2. The highest BCUT2D eigenvalue weighted by Gasteiger charge is 2.35. The maximum Gasteiger partial charge on any atom is 0.223 e. The van der Waals surface area contributed by atoms with Crippen LogP contribution in [0.5, 0.6) is 0 Å². The van der Waals surface area contributed by atoms with Crippen molar-refractivity contribution in [1.29, 1.82) is 5.26 Å². The number of allylic oxidation sites excluding steroid dienone is 1. The fourth-order valence-electron chi connectivity index (χ4n) is 3.43. The second-order valence-electron chi connectivity index (χ2n) is 6.50. The van der Waals surface area contributed by atoms with E-state index in [9.17, 15) is 5.26 Å². The first-order chi connectivity index (χ1) is 13.1. The molecule has 3 aromatic rings. The molecule has 0 unspecified atom stereocenters. The number of rotatable bonds is 4. The number of nitrogens with one attached hydrogen (secondary N) is 1. The molecule has 0 spiro atoms. The smallest absolute Gasteiger partial charge is 0.223 e. The summed E-state index contributed by atoms with van der Waals surface area (Å²) in [4.78, 5) is 4.65. The number of nitrogens with two attached hydrogens (primary N) is 1. The number of nitrogens with zero attached hydrogens (tertiary/aromatic N) is 4. The number of nitriles is 1. The highest BCUT2D eigenvalue weighted by Crippen LogP contribution is 2.41. The molecule has 0 saturated heterocycles. The lowest BCUT2D eigenvalue weighted by Crippen LogP contribution is -2.23. The van der Waals surface area contributed by atoms with Crippen molar-refractivity contribution in [2.45, 2.75) is 32.6 Å². The molecule has 0 saturated carbocycles. The number of benzene rings is 1. The Labute approximate surface area is 157 Å². The Morgan fingerprint density at radius 1 is 1.33 bits per heavy atom. The van der Waals surface area contributed by atoms with E-state index >= 15 is 0 Å². The molecule has 1 aliphatic heterocycles. The number of oxazole rings is 1. The van der Waals surface area contributed by atoms with Crippen molar-refractivity contribution < 1.29 is 4.42 Å². The van der Waals surface area contributed by atoms with E-state index in [1.54, 1.807) is 6.20 Å². The number of para-hydroxylation sites is 1. The molecule has 2 aromatic heterocycles. The molecule has 0 fully saturated rings. The van der Waals surface area contributed by atoms with Crippen LogP contribution in [0.2, 0.25) is 0 Å². The van der Waals surface area contributed by atoms with Gasteiger partial charge < -0.3 is 15.5 Å². The van der Waals surface area contributed by atoms with Crippen molar-refractivity contribution in [1.82, 2.24) is 14.8 Å². The molecule has 7 heteroatoms. The first-order valence-electron chi connectivity index (χ1n) is 8.90. The number of hydrogen-bond donors (Lipinski definition) is 2. The van der Waals surface area contributed by atoms with Crippen LogP contribution in [0.4, 0.5) is 5.88 Å². The Morgan fingerprint density at radius 2 is 2.11 bits per heavy atom. The minimum Gasteiger partial charge on any atom is -0.425 e. The molecule has 1 aliphatic rings. The third kappa shape index (κ3) is 2.75. The van der Waals surface area contributed by atoms with Gasteiger partial charge in [-0.25, -0.2) is 9.67 Å². The maximum atomic E-state index is 9.73. The fourth-order valence-corrected chi connectivity index (χ4v) is 3.43. The molecular formula is C20H20N6O. The summed E-state index contributed by atoms with van der Waals surface area (Å²) in [7, 11) is 0. The predicted molar refractivity (Wildman–Crippen MR) is 101 cm³/mol. The largest absolute Gasteiger partial charge is 0.425 e. The second kappa shape index (κ2) is 6.65. The molecule has 3 N–H and O–H groups in total. The summed E-state index contributed by atoms with van der Waals surface area (Å²) < 4.78 is 7.68. The zero-order valence-electron chi connectivity index (χ0n) is 15.2. The summed E-state index contributed by atoms with van der Waals surface area (Å²) in [5.41, 5.74) is 9.99. The van der Waals surface area contributed by atoms with Crippen molar-refractivity contribution in [2.75, 3.05) is 5.32 Å². The SMILES string of the molecule is CCCc1nc2c(o1)NC(N)=C(C#N)[C@@H]2c1cnn(-c2ccccc2)c1C. The van der Waals surface area contributed by atoms with Gasteiger partial charge in [0.15, 0.2) is 5.89 Å². The van der Waals surface area contributed by atoms with Gasteiger partial charge in [-0.05, 0) is 25.5 Å². The lowest BCUT2D eigenvalue weighted by atomic mass is 9.87. The second-order valence-corrected chi connectivity index (χ2v) is 6.50. The van der Waals surface area contributed by atoms with Crippen molar-refractivity contribution in [3.63, 3.8) is 0 Å². The minimum atomic E-state index is -0.405. The van der Waals surface area contributed by atoms with Crippen LogP contribution in [0.3, 0.4) is 0 Å². The van der Waals surface area contributed by atoms with Gasteiger partial charge >= 0.3 is 0 Å².